The van der Waals surface area contributed by atoms with Gasteiger partial charge >= 0.3 is 0 Å². The van der Waals surface area contributed by atoms with Crippen LogP contribution in [0.25, 0.3) is 0 Å². The van der Waals surface area contributed by atoms with Crippen molar-refractivity contribution in [2.75, 3.05) is 32.6 Å². The Balaban J connectivity index is 0.000000796. The van der Waals surface area contributed by atoms with E-state index in [9.17, 15) is 4.79 Å². The molecule has 0 radical (unpaired) electrons. The van der Waals surface area contributed by atoms with E-state index in [2.05, 4.69) is 34.4 Å². The van der Waals surface area contributed by atoms with E-state index in [-0.39, 0.29) is 6.61 Å². The van der Waals surface area contributed by atoms with Gasteiger partial charge in [0.2, 0.25) is 0 Å². The van der Waals surface area contributed by atoms with Crippen LogP contribution in [0.15, 0.2) is 11.2 Å². The molecule has 1 heterocycles. The van der Waals surface area contributed by atoms with Gasteiger partial charge in [0, 0.05) is 14.1 Å². The summed E-state index contributed by atoms with van der Waals surface area (Å²) in [7, 11) is 3.61. The summed E-state index contributed by atoms with van der Waals surface area (Å²) in [6.07, 6.45) is 4.76. The molecular formula is C13H25N5O2. The predicted octanol–water partition coefficient (Wildman–Crippen LogP) is 1.35. The van der Waals surface area contributed by atoms with Crippen molar-refractivity contribution < 1.29 is 9.90 Å². The van der Waals surface area contributed by atoms with Gasteiger partial charge in [-0.25, -0.2) is 0 Å². The average molecular weight is 283 g/mol. The first kappa shape index (κ1) is 18.1. The Labute approximate surface area is 120 Å². The van der Waals surface area contributed by atoms with Crippen molar-refractivity contribution in [2.45, 2.75) is 26.7 Å². The number of aliphatic hydroxyl groups excluding tert-OH is 1. The summed E-state index contributed by atoms with van der Waals surface area (Å²) in [6, 6.07) is 0. The molecule has 0 aromatic carbocycles. The standard InChI is InChI=1S/C9H15N5O2.C4H10/c1-14(2)9(10-3-4-15)12-8-7(6-16)5-11-13-8;1-3-4-2/h5-6,15H,3-4H2,1-2H3,(H2,10,11,12,13);3-4H2,1-2H3. The number of hydrogen-bond donors (Lipinski definition) is 3. The van der Waals surface area contributed by atoms with Crippen LogP contribution in [0.5, 0.6) is 0 Å². The Morgan fingerprint density at radius 3 is 2.60 bits per heavy atom. The molecule has 7 heteroatoms. The van der Waals surface area contributed by atoms with Gasteiger partial charge in [-0.05, 0) is 0 Å². The molecule has 0 unspecified atom stereocenters. The van der Waals surface area contributed by atoms with Crippen LogP contribution in [0.3, 0.4) is 0 Å². The van der Waals surface area contributed by atoms with Crippen LogP contribution in [-0.4, -0.2) is 59.7 Å². The van der Waals surface area contributed by atoms with Gasteiger partial charge in [0.15, 0.2) is 12.2 Å². The van der Waals surface area contributed by atoms with Crippen molar-refractivity contribution in [2.24, 2.45) is 4.99 Å². The van der Waals surface area contributed by atoms with Crippen molar-refractivity contribution >= 4 is 18.1 Å². The minimum Gasteiger partial charge on any atom is -0.394 e. The highest BCUT2D eigenvalue weighted by Gasteiger charge is 2.07. The molecule has 0 saturated carbocycles. The number of rotatable bonds is 5. The number of aliphatic imine (C=N–C) groups is 1. The molecule has 20 heavy (non-hydrogen) atoms. The topological polar surface area (TPSA) is 93.6 Å². The summed E-state index contributed by atoms with van der Waals surface area (Å²) in [5.41, 5.74) is 0.429. The molecule has 0 saturated heterocycles. The maximum Gasteiger partial charge on any atom is 0.199 e. The summed E-state index contributed by atoms with van der Waals surface area (Å²) in [6.45, 7) is 4.63. The number of hydrogen-bond acceptors (Lipinski definition) is 4. The third kappa shape index (κ3) is 6.89. The van der Waals surface area contributed by atoms with E-state index < -0.39 is 0 Å². The van der Waals surface area contributed by atoms with Crippen molar-refractivity contribution in [3.05, 3.63) is 11.8 Å². The highest BCUT2D eigenvalue weighted by molar-refractivity contribution is 5.96. The van der Waals surface area contributed by atoms with Gasteiger partial charge in [0.1, 0.15) is 5.82 Å². The van der Waals surface area contributed by atoms with Crippen LogP contribution in [0.4, 0.5) is 5.82 Å². The molecule has 1 aromatic heterocycles. The monoisotopic (exact) mass is 283 g/mol. The number of unbranched alkanes of at least 4 members (excludes halogenated alkanes) is 1. The Morgan fingerprint density at radius 2 is 2.15 bits per heavy atom. The molecule has 1 rings (SSSR count). The highest BCUT2D eigenvalue weighted by atomic mass is 16.3. The lowest BCUT2D eigenvalue weighted by Gasteiger charge is -2.16. The normalized spacial score (nSPS) is 10.6. The summed E-state index contributed by atoms with van der Waals surface area (Å²) >= 11 is 0. The molecule has 0 aliphatic heterocycles. The molecule has 1 aromatic rings. The average Bonchev–Trinajstić information content (AvgIpc) is 2.90. The van der Waals surface area contributed by atoms with Gasteiger partial charge < -0.3 is 15.3 Å². The summed E-state index contributed by atoms with van der Waals surface area (Å²) in [5, 5.41) is 18.0. The van der Waals surface area contributed by atoms with Crippen LogP contribution < -0.4 is 5.32 Å². The van der Waals surface area contributed by atoms with Crippen molar-refractivity contribution in [3.8, 4) is 0 Å². The van der Waals surface area contributed by atoms with Gasteiger partial charge in [-0.15, -0.1) is 0 Å². The zero-order chi connectivity index (χ0) is 15.4. The number of nitrogens with one attached hydrogen (secondary N) is 2. The number of aromatic nitrogens is 2. The van der Waals surface area contributed by atoms with E-state index in [0.717, 1.165) is 0 Å². The molecule has 0 aliphatic carbocycles. The SMILES string of the molecule is CCCC.CN(C)C(=NCCO)Nc1[nH]ncc1C=O. The van der Waals surface area contributed by atoms with Gasteiger partial charge in [0.05, 0.1) is 24.9 Å². The molecule has 0 atom stereocenters. The second-order valence-corrected chi connectivity index (χ2v) is 4.27. The number of carbonyl (C=O) groups is 1. The second kappa shape index (κ2) is 11.0. The highest BCUT2D eigenvalue weighted by Crippen LogP contribution is 2.08. The van der Waals surface area contributed by atoms with E-state index in [1.165, 1.54) is 19.0 Å². The van der Waals surface area contributed by atoms with Crippen molar-refractivity contribution in [1.29, 1.82) is 0 Å². The van der Waals surface area contributed by atoms with Gasteiger partial charge in [-0.2, -0.15) is 5.10 Å². The molecule has 0 spiro atoms. The Kier molecular flexibility index (Phi) is 9.94. The van der Waals surface area contributed by atoms with Crippen LogP contribution in [0, 0.1) is 0 Å². The Bertz CT molecular complexity index is 399. The molecule has 0 bridgehead atoms. The van der Waals surface area contributed by atoms with E-state index in [4.69, 9.17) is 5.11 Å². The van der Waals surface area contributed by atoms with Crippen molar-refractivity contribution in [3.63, 3.8) is 0 Å². The van der Waals surface area contributed by atoms with Gasteiger partial charge in [-0.3, -0.25) is 14.9 Å². The minimum atomic E-state index is -0.0253. The van der Waals surface area contributed by atoms with Gasteiger partial charge in [-0.1, -0.05) is 26.7 Å². The summed E-state index contributed by atoms with van der Waals surface area (Å²) in [5.74, 6) is 1.03. The Morgan fingerprint density at radius 1 is 1.50 bits per heavy atom. The summed E-state index contributed by atoms with van der Waals surface area (Å²) in [4.78, 5) is 16.5. The third-order valence-electron chi connectivity index (χ3n) is 2.32. The summed E-state index contributed by atoms with van der Waals surface area (Å²) < 4.78 is 0. The van der Waals surface area contributed by atoms with Crippen LogP contribution in [0.2, 0.25) is 0 Å². The Hall–Kier alpha value is -1.89. The minimum absolute atomic E-state index is 0.0253. The van der Waals surface area contributed by atoms with E-state index in [1.54, 1.807) is 19.0 Å². The molecule has 114 valence electrons. The zero-order valence-electron chi connectivity index (χ0n) is 12.7. The molecule has 7 nitrogen and oxygen atoms in total. The van der Waals surface area contributed by atoms with Gasteiger partial charge in [0.25, 0.3) is 0 Å². The number of aromatic amines is 1. The third-order valence-corrected chi connectivity index (χ3v) is 2.32. The van der Waals surface area contributed by atoms with E-state index >= 15 is 0 Å². The molecule has 0 aliphatic rings. The lowest BCUT2D eigenvalue weighted by molar-refractivity contribution is 0.112. The fraction of sp³-hybridized carbons (Fsp3) is 0.615. The molecular weight excluding hydrogens is 258 g/mol. The van der Waals surface area contributed by atoms with Crippen molar-refractivity contribution in [1.82, 2.24) is 15.1 Å². The number of nitrogens with zero attached hydrogens (tertiary/aromatic N) is 3. The number of guanidine groups is 1. The van der Waals surface area contributed by atoms with E-state index in [1.807, 2.05) is 0 Å². The smallest absolute Gasteiger partial charge is 0.199 e. The largest absolute Gasteiger partial charge is 0.394 e. The lowest BCUT2D eigenvalue weighted by atomic mass is 10.4. The molecule has 0 amide bonds. The number of H-pyrrole nitrogens is 1. The second-order valence-electron chi connectivity index (χ2n) is 4.27. The van der Waals surface area contributed by atoms with E-state index in [0.29, 0.717) is 30.2 Å². The number of carbonyl (C=O) groups excluding carboxylic acids is 1. The van der Waals surface area contributed by atoms with Crippen LogP contribution in [0.1, 0.15) is 37.0 Å². The number of anilines is 1. The maximum atomic E-state index is 10.7. The first-order valence-corrected chi connectivity index (χ1v) is 6.68. The fourth-order valence-corrected chi connectivity index (χ4v) is 1.05. The zero-order valence-corrected chi connectivity index (χ0v) is 12.7. The first-order valence-electron chi connectivity index (χ1n) is 6.68. The quantitative estimate of drug-likeness (QED) is 0.431. The number of aldehydes is 1. The predicted molar refractivity (Wildman–Crippen MR) is 81.3 cm³/mol. The molecule has 3 N–H and O–H groups in total. The maximum absolute atomic E-state index is 10.7. The lowest BCUT2D eigenvalue weighted by Crippen LogP contribution is -2.30. The van der Waals surface area contributed by atoms with Crippen LogP contribution >= 0.6 is 0 Å². The van der Waals surface area contributed by atoms with Crippen LogP contribution in [-0.2, 0) is 0 Å². The fourth-order valence-electron chi connectivity index (χ4n) is 1.05. The molecule has 0 fully saturated rings. The number of aliphatic hydroxyl groups is 1. The first-order chi connectivity index (χ1) is 9.60.